The van der Waals surface area contributed by atoms with Crippen molar-refractivity contribution in [2.24, 2.45) is 0 Å². The minimum Gasteiger partial charge on any atom is -0.497 e. The summed E-state index contributed by atoms with van der Waals surface area (Å²) in [5.41, 5.74) is 7.63. The third kappa shape index (κ3) is 3.48. The molecule has 2 aliphatic heterocycles. The molecule has 33 heavy (non-hydrogen) atoms. The van der Waals surface area contributed by atoms with E-state index in [0.717, 1.165) is 48.5 Å². The van der Waals surface area contributed by atoms with Crippen molar-refractivity contribution in [3.8, 4) is 11.5 Å². The maximum Gasteiger partial charge on any atom is 0.120 e. The number of nitrogens with zero attached hydrogens (tertiary/aromatic N) is 2. The lowest BCUT2D eigenvalue weighted by molar-refractivity contribution is 0.145. The molecule has 5 heteroatoms. The van der Waals surface area contributed by atoms with Crippen LogP contribution < -0.4 is 9.47 Å². The Bertz CT molecular complexity index is 1330. The van der Waals surface area contributed by atoms with Crippen LogP contribution >= 0.6 is 0 Å². The fraction of sp³-hybridized carbons (Fsp3) is 0.286. The van der Waals surface area contributed by atoms with Gasteiger partial charge in [-0.25, -0.2) is 0 Å². The molecular weight excluding hydrogens is 412 g/mol. The number of aliphatic hydroxyl groups is 1. The van der Waals surface area contributed by atoms with Gasteiger partial charge in [0.1, 0.15) is 24.8 Å². The first-order valence-corrected chi connectivity index (χ1v) is 11.6. The van der Waals surface area contributed by atoms with Gasteiger partial charge in [0.05, 0.1) is 12.6 Å². The lowest BCUT2D eigenvalue weighted by Crippen LogP contribution is -2.39. The second-order valence-corrected chi connectivity index (χ2v) is 8.95. The first kappa shape index (κ1) is 20.3. The van der Waals surface area contributed by atoms with Crippen LogP contribution in [0.2, 0.25) is 0 Å². The van der Waals surface area contributed by atoms with Crippen LogP contribution in [0.5, 0.6) is 11.5 Å². The Morgan fingerprint density at radius 2 is 1.91 bits per heavy atom. The van der Waals surface area contributed by atoms with E-state index < -0.39 is 0 Å². The number of aliphatic hydroxyl groups excluding tert-OH is 1. The highest BCUT2D eigenvalue weighted by Crippen LogP contribution is 2.42. The molecule has 3 heterocycles. The molecule has 0 saturated heterocycles. The fourth-order valence-electron chi connectivity index (χ4n) is 5.56. The van der Waals surface area contributed by atoms with Gasteiger partial charge in [-0.3, -0.25) is 4.90 Å². The fourth-order valence-corrected chi connectivity index (χ4v) is 5.56. The van der Waals surface area contributed by atoms with Crippen molar-refractivity contribution >= 4 is 10.9 Å². The van der Waals surface area contributed by atoms with E-state index in [1.165, 1.54) is 27.8 Å². The van der Waals surface area contributed by atoms with E-state index in [-0.39, 0.29) is 6.73 Å². The Morgan fingerprint density at radius 3 is 2.79 bits per heavy atom. The Labute approximate surface area is 193 Å². The first-order chi connectivity index (χ1) is 16.2. The summed E-state index contributed by atoms with van der Waals surface area (Å²) in [7, 11) is 1.68. The first-order valence-electron chi connectivity index (χ1n) is 11.6. The molecule has 1 aromatic heterocycles. The molecular formula is C28H28N2O3. The van der Waals surface area contributed by atoms with E-state index in [1.54, 1.807) is 7.11 Å². The highest BCUT2D eigenvalue weighted by molar-refractivity contribution is 5.86. The van der Waals surface area contributed by atoms with E-state index >= 15 is 0 Å². The van der Waals surface area contributed by atoms with Gasteiger partial charge < -0.3 is 19.1 Å². The zero-order chi connectivity index (χ0) is 22.4. The number of methoxy groups -OCH3 is 1. The van der Waals surface area contributed by atoms with Gasteiger partial charge in [-0.1, -0.05) is 36.4 Å². The summed E-state index contributed by atoms with van der Waals surface area (Å²) in [5.74, 6) is 1.75. The highest BCUT2D eigenvalue weighted by Gasteiger charge is 2.35. The monoisotopic (exact) mass is 440 g/mol. The molecule has 168 valence electrons. The van der Waals surface area contributed by atoms with Crippen LogP contribution in [-0.2, 0) is 32.7 Å². The van der Waals surface area contributed by atoms with Crippen LogP contribution in [0.3, 0.4) is 0 Å². The summed E-state index contributed by atoms with van der Waals surface area (Å²) in [4.78, 5) is 2.56. The Kier molecular flexibility index (Phi) is 5.08. The summed E-state index contributed by atoms with van der Waals surface area (Å²) < 4.78 is 13.6. The zero-order valence-corrected chi connectivity index (χ0v) is 18.8. The molecule has 0 radical (unpaired) electrons. The lowest BCUT2D eigenvalue weighted by Gasteiger charge is -2.41. The lowest BCUT2D eigenvalue weighted by atomic mass is 9.85. The van der Waals surface area contributed by atoms with Gasteiger partial charge in [-0.2, -0.15) is 0 Å². The van der Waals surface area contributed by atoms with Crippen LogP contribution in [0.1, 0.15) is 34.0 Å². The number of aromatic nitrogens is 1. The van der Waals surface area contributed by atoms with Gasteiger partial charge in [-0.05, 0) is 65.4 Å². The molecule has 0 spiro atoms. The smallest absolute Gasteiger partial charge is 0.120 e. The summed E-state index contributed by atoms with van der Waals surface area (Å²) in [6.45, 7) is 2.43. The molecule has 1 unspecified atom stereocenters. The number of rotatable bonds is 5. The van der Waals surface area contributed by atoms with Crippen LogP contribution in [0.4, 0.5) is 0 Å². The van der Waals surface area contributed by atoms with Gasteiger partial charge in [0.2, 0.25) is 0 Å². The summed E-state index contributed by atoms with van der Waals surface area (Å²) in [6, 6.07) is 23.4. The van der Waals surface area contributed by atoms with Crippen molar-refractivity contribution in [2.75, 3.05) is 13.7 Å². The molecule has 3 aromatic carbocycles. The van der Waals surface area contributed by atoms with E-state index in [0.29, 0.717) is 12.6 Å². The number of ether oxygens (including phenoxy) is 2. The third-order valence-corrected chi connectivity index (χ3v) is 7.21. The number of fused-ring (bicyclic) bond motifs is 6. The molecule has 2 aliphatic rings. The zero-order valence-electron chi connectivity index (χ0n) is 18.8. The van der Waals surface area contributed by atoms with Crippen LogP contribution in [0, 0.1) is 0 Å². The van der Waals surface area contributed by atoms with Crippen molar-refractivity contribution in [3.05, 3.63) is 94.7 Å². The molecule has 4 aromatic rings. The Hall–Kier alpha value is -3.28. The largest absolute Gasteiger partial charge is 0.497 e. The SMILES string of the molecule is COc1cccc(COc2ccc3c(c2)C2Cc4c(n(CO)c5ccccc45)CN2CC3)c1. The van der Waals surface area contributed by atoms with E-state index in [1.807, 2.05) is 18.2 Å². The molecule has 0 aliphatic carbocycles. The van der Waals surface area contributed by atoms with E-state index in [2.05, 4.69) is 58.0 Å². The molecule has 0 saturated carbocycles. The van der Waals surface area contributed by atoms with Crippen LogP contribution in [-0.4, -0.2) is 28.2 Å². The summed E-state index contributed by atoms with van der Waals surface area (Å²) in [5, 5.41) is 11.3. The van der Waals surface area contributed by atoms with E-state index in [9.17, 15) is 5.11 Å². The molecule has 0 amide bonds. The summed E-state index contributed by atoms with van der Waals surface area (Å²) in [6.07, 6.45) is 1.99. The van der Waals surface area contributed by atoms with Crippen LogP contribution in [0.15, 0.2) is 66.7 Å². The molecule has 5 nitrogen and oxygen atoms in total. The minimum absolute atomic E-state index is 0.0210. The third-order valence-electron chi connectivity index (χ3n) is 7.21. The van der Waals surface area contributed by atoms with Crippen molar-refractivity contribution in [3.63, 3.8) is 0 Å². The second-order valence-electron chi connectivity index (χ2n) is 8.95. The number of para-hydroxylation sites is 1. The molecule has 1 N–H and O–H groups in total. The average molecular weight is 441 g/mol. The number of hydrogen-bond donors (Lipinski definition) is 1. The van der Waals surface area contributed by atoms with Crippen molar-refractivity contribution in [1.82, 2.24) is 9.47 Å². The topological polar surface area (TPSA) is 46.9 Å². The molecule has 1 atom stereocenters. The maximum atomic E-state index is 10.1. The molecule has 0 fully saturated rings. The average Bonchev–Trinajstić information content (AvgIpc) is 3.18. The predicted molar refractivity (Wildman–Crippen MR) is 128 cm³/mol. The number of hydrogen-bond acceptors (Lipinski definition) is 4. The minimum atomic E-state index is 0.0210. The Morgan fingerprint density at radius 1 is 1.00 bits per heavy atom. The van der Waals surface area contributed by atoms with Gasteiger partial charge >= 0.3 is 0 Å². The normalized spacial score (nSPS) is 17.3. The van der Waals surface area contributed by atoms with Gasteiger partial charge in [0, 0.05) is 30.2 Å². The quantitative estimate of drug-likeness (QED) is 0.483. The van der Waals surface area contributed by atoms with E-state index in [4.69, 9.17) is 9.47 Å². The van der Waals surface area contributed by atoms with Crippen molar-refractivity contribution in [1.29, 1.82) is 0 Å². The molecule has 0 bridgehead atoms. The maximum absolute atomic E-state index is 10.1. The van der Waals surface area contributed by atoms with Crippen molar-refractivity contribution < 1.29 is 14.6 Å². The van der Waals surface area contributed by atoms with Gasteiger partial charge in [0.25, 0.3) is 0 Å². The standard InChI is InChI=1S/C28H28N2O3/c1-32-21-6-4-5-19(13-21)17-33-22-10-9-20-11-12-29-16-28-25(15-27(29)24(20)14-22)23-7-2-3-8-26(23)30(28)18-31/h2-10,13-14,27,31H,11-12,15-18H2,1H3. The van der Waals surface area contributed by atoms with Crippen molar-refractivity contribution in [2.45, 2.75) is 38.8 Å². The number of benzene rings is 3. The predicted octanol–water partition coefficient (Wildman–Crippen LogP) is 4.83. The summed E-state index contributed by atoms with van der Waals surface area (Å²) >= 11 is 0. The molecule has 6 rings (SSSR count). The Balaban J connectivity index is 1.31. The van der Waals surface area contributed by atoms with Gasteiger partial charge in [0.15, 0.2) is 0 Å². The van der Waals surface area contributed by atoms with Gasteiger partial charge in [-0.15, -0.1) is 0 Å². The highest BCUT2D eigenvalue weighted by atomic mass is 16.5. The van der Waals surface area contributed by atoms with Crippen LogP contribution in [0.25, 0.3) is 10.9 Å². The second kappa shape index (κ2) is 8.25.